The van der Waals surface area contributed by atoms with Crippen molar-refractivity contribution in [2.75, 3.05) is 45.7 Å². The molecule has 0 fully saturated rings. The largest absolute Gasteiger partial charge is 0.383 e. The van der Waals surface area contributed by atoms with E-state index in [-0.39, 0.29) is 10.6 Å². The van der Waals surface area contributed by atoms with E-state index in [2.05, 4.69) is 5.32 Å². The van der Waals surface area contributed by atoms with E-state index in [0.29, 0.717) is 19.7 Å². The standard InChI is InChI=1S/C12H20FN3O3S/c1-16(7-8-19-2)6-5-15-12-4-3-10(9-11(12)13)20(14,17)18/h3-4,9,15H,5-8H2,1-2H3,(H2,14,17,18). The lowest BCUT2D eigenvalue weighted by Crippen LogP contribution is -2.28. The molecular weight excluding hydrogens is 285 g/mol. The van der Waals surface area contributed by atoms with Crippen LogP contribution in [0.3, 0.4) is 0 Å². The molecule has 0 aliphatic rings. The molecule has 0 heterocycles. The highest BCUT2D eigenvalue weighted by molar-refractivity contribution is 7.89. The Morgan fingerprint density at radius 2 is 2.10 bits per heavy atom. The molecule has 0 amide bonds. The zero-order valence-corrected chi connectivity index (χ0v) is 12.4. The number of nitrogens with zero attached hydrogens (tertiary/aromatic N) is 1. The van der Waals surface area contributed by atoms with Crippen molar-refractivity contribution < 1.29 is 17.5 Å². The van der Waals surface area contributed by atoms with Crippen LogP contribution in [0.25, 0.3) is 0 Å². The maximum atomic E-state index is 13.7. The molecule has 114 valence electrons. The van der Waals surface area contributed by atoms with Gasteiger partial charge in [-0.05, 0) is 25.2 Å². The predicted octanol–water partition coefficient (Wildman–Crippen LogP) is 0.463. The maximum Gasteiger partial charge on any atom is 0.238 e. The van der Waals surface area contributed by atoms with E-state index in [1.807, 2.05) is 11.9 Å². The predicted molar refractivity (Wildman–Crippen MR) is 75.6 cm³/mol. The van der Waals surface area contributed by atoms with Crippen LogP contribution in [0, 0.1) is 5.82 Å². The van der Waals surface area contributed by atoms with Crippen LogP contribution in [-0.2, 0) is 14.8 Å². The summed E-state index contributed by atoms with van der Waals surface area (Å²) < 4.78 is 40.8. The van der Waals surface area contributed by atoms with Crippen LogP contribution in [-0.4, -0.2) is 53.7 Å². The molecule has 0 aliphatic heterocycles. The number of ether oxygens (including phenoxy) is 1. The van der Waals surface area contributed by atoms with E-state index in [4.69, 9.17) is 9.88 Å². The Kier molecular flexibility index (Phi) is 6.34. The first-order chi connectivity index (χ1) is 9.34. The van der Waals surface area contributed by atoms with Crippen molar-refractivity contribution >= 4 is 15.7 Å². The number of anilines is 1. The van der Waals surface area contributed by atoms with E-state index >= 15 is 0 Å². The van der Waals surface area contributed by atoms with Gasteiger partial charge in [-0.3, -0.25) is 0 Å². The Hall–Kier alpha value is -1.22. The fourth-order valence-electron chi connectivity index (χ4n) is 1.56. The first-order valence-electron chi connectivity index (χ1n) is 6.08. The van der Waals surface area contributed by atoms with Crippen molar-refractivity contribution in [3.05, 3.63) is 24.0 Å². The van der Waals surface area contributed by atoms with Gasteiger partial charge in [-0.25, -0.2) is 17.9 Å². The van der Waals surface area contributed by atoms with E-state index in [9.17, 15) is 12.8 Å². The number of hydrogen-bond donors (Lipinski definition) is 2. The van der Waals surface area contributed by atoms with Crippen LogP contribution in [0.5, 0.6) is 0 Å². The van der Waals surface area contributed by atoms with Gasteiger partial charge in [0, 0.05) is 26.7 Å². The average Bonchev–Trinajstić information content (AvgIpc) is 2.37. The zero-order chi connectivity index (χ0) is 15.2. The summed E-state index contributed by atoms with van der Waals surface area (Å²) in [5, 5.41) is 7.83. The van der Waals surface area contributed by atoms with E-state index in [1.54, 1.807) is 7.11 Å². The topological polar surface area (TPSA) is 84.7 Å². The van der Waals surface area contributed by atoms with Crippen LogP contribution in [0.15, 0.2) is 23.1 Å². The average molecular weight is 305 g/mol. The Morgan fingerprint density at radius 3 is 2.65 bits per heavy atom. The van der Waals surface area contributed by atoms with Crippen molar-refractivity contribution in [3.8, 4) is 0 Å². The summed E-state index contributed by atoms with van der Waals surface area (Å²) in [4.78, 5) is 1.80. The Bertz CT molecular complexity index is 537. The number of primary sulfonamides is 1. The van der Waals surface area contributed by atoms with Gasteiger partial charge in [-0.1, -0.05) is 0 Å². The first-order valence-corrected chi connectivity index (χ1v) is 7.63. The van der Waals surface area contributed by atoms with Gasteiger partial charge in [0.15, 0.2) is 0 Å². The minimum absolute atomic E-state index is 0.238. The number of nitrogens with two attached hydrogens (primary N) is 1. The number of rotatable bonds is 8. The number of sulfonamides is 1. The maximum absolute atomic E-state index is 13.7. The third-order valence-electron chi connectivity index (χ3n) is 2.76. The minimum Gasteiger partial charge on any atom is -0.383 e. The lowest BCUT2D eigenvalue weighted by atomic mass is 10.3. The molecule has 0 aromatic heterocycles. The Morgan fingerprint density at radius 1 is 1.40 bits per heavy atom. The third kappa shape index (κ3) is 5.41. The van der Waals surface area contributed by atoms with Gasteiger partial charge in [-0.2, -0.15) is 0 Å². The second-order valence-corrected chi connectivity index (χ2v) is 5.97. The molecule has 0 saturated heterocycles. The van der Waals surface area contributed by atoms with Gasteiger partial charge >= 0.3 is 0 Å². The van der Waals surface area contributed by atoms with Crippen LogP contribution >= 0.6 is 0 Å². The number of nitrogens with one attached hydrogen (secondary N) is 1. The number of hydrogen-bond acceptors (Lipinski definition) is 5. The summed E-state index contributed by atoms with van der Waals surface area (Å²) in [6.45, 7) is 2.66. The molecule has 0 unspecified atom stereocenters. The zero-order valence-electron chi connectivity index (χ0n) is 11.6. The van der Waals surface area contributed by atoms with Crippen molar-refractivity contribution in [2.45, 2.75) is 4.90 Å². The summed E-state index contributed by atoms with van der Waals surface area (Å²) in [5.74, 6) is -0.643. The van der Waals surface area contributed by atoms with Crippen molar-refractivity contribution in [1.82, 2.24) is 4.90 Å². The fourth-order valence-corrected chi connectivity index (χ4v) is 2.08. The monoisotopic (exact) mass is 305 g/mol. The van der Waals surface area contributed by atoms with E-state index in [0.717, 1.165) is 12.6 Å². The molecule has 1 aromatic rings. The van der Waals surface area contributed by atoms with Crippen LogP contribution < -0.4 is 10.5 Å². The Balaban J connectivity index is 2.53. The lowest BCUT2D eigenvalue weighted by Gasteiger charge is -2.17. The molecule has 0 aliphatic carbocycles. The lowest BCUT2D eigenvalue weighted by molar-refractivity contribution is 0.163. The highest BCUT2D eigenvalue weighted by Crippen LogP contribution is 2.17. The van der Waals surface area contributed by atoms with Gasteiger partial charge in [0.1, 0.15) is 5.82 Å². The van der Waals surface area contributed by atoms with Gasteiger partial charge in [0.2, 0.25) is 10.0 Å². The number of likely N-dealkylation sites (N-methyl/N-ethyl adjacent to an activating group) is 1. The molecule has 0 bridgehead atoms. The number of benzene rings is 1. The van der Waals surface area contributed by atoms with Gasteiger partial charge in [0.25, 0.3) is 0 Å². The molecule has 6 nitrogen and oxygen atoms in total. The van der Waals surface area contributed by atoms with E-state index in [1.165, 1.54) is 12.1 Å². The molecule has 0 atom stereocenters. The summed E-state index contributed by atoms with van der Waals surface area (Å²) >= 11 is 0. The third-order valence-corrected chi connectivity index (χ3v) is 3.67. The molecule has 0 spiro atoms. The molecule has 1 rings (SSSR count). The smallest absolute Gasteiger partial charge is 0.238 e. The normalized spacial score (nSPS) is 11.8. The van der Waals surface area contributed by atoms with Gasteiger partial charge in [0.05, 0.1) is 17.2 Å². The van der Waals surface area contributed by atoms with Crippen molar-refractivity contribution in [3.63, 3.8) is 0 Å². The first kappa shape index (κ1) is 16.8. The fraction of sp³-hybridized carbons (Fsp3) is 0.500. The van der Waals surface area contributed by atoms with Crippen LogP contribution in [0.2, 0.25) is 0 Å². The molecule has 0 radical (unpaired) electrons. The second-order valence-electron chi connectivity index (χ2n) is 4.41. The molecule has 1 aromatic carbocycles. The number of halogens is 1. The summed E-state index contributed by atoms with van der Waals surface area (Å²) in [6, 6.07) is 3.55. The van der Waals surface area contributed by atoms with Gasteiger partial charge < -0.3 is 15.0 Å². The van der Waals surface area contributed by atoms with Gasteiger partial charge in [-0.15, -0.1) is 0 Å². The summed E-state index contributed by atoms with van der Waals surface area (Å²) in [5.41, 5.74) is 0.248. The Labute approximate surface area is 118 Å². The number of methoxy groups -OCH3 is 1. The SMILES string of the molecule is COCCN(C)CCNc1ccc(S(N)(=O)=O)cc1F. The molecule has 20 heavy (non-hydrogen) atoms. The summed E-state index contributed by atoms with van der Waals surface area (Å²) in [6.07, 6.45) is 0. The summed E-state index contributed by atoms with van der Waals surface area (Å²) in [7, 11) is -0.311. The molecule has 0 saturated carbocycles. The minimum atomic E-state index is -3.88. The van der Waals surface area contributed by atoms with Crippen LogP contribution in [0.1, 0.15) is 0 Å². The molecular formula is C12H20FN3O3S. The molecule has 3 N–H and O–H groups in total. The second kappa shape index (κ2) is 7.53. The van der Waals surface area contributed by atoms with Crippen molar-refractivity contribution in [1.29, 1.82) is 0 Å². The molecule has 8 heteroatoms. The van der Waals surface area contributed by atoms with E-state index < -0.39 is 15.8 Å². The highest BCUT2D eigenvalue weighted by atomic mass is 32.2. The van der Waals surface area contributed by atoms with Crippen LogP contribution in [0.4, 0.5) is 10.1 Å². The van der Waals surface area contributed by atoms with Crippen molar-refractivity contribution in [2.24, 2.45) is 5.14 Å². The quantitative estimate of drug-likeness (QED) is 0.729. The highest BCUT2D eigenvalue weighted by Gasteiger charge is 2.11.